The first-order chi connectivity index (χ1) is 18.0. The predicted molar refractivity (Wildman–Crippen MR) is 126 cm³/mol. The van der Waals surface area contributed by atoms with Crippen LogP contribution in [0.1, 0.15) is 18.9 Å². The molecule has 0 aliphatic carbocycles. The molecule has 19 heteroatoms. The van der Waals surface area contributed by atoms with Crippen molar-refractivity contribution in [3.63, 3.8) is 0 Å². The number of alkyl halides is 6. The number of halogens is 6. The highest BCUT2D eigenvalue weighted by Crippen LogP contribution is 2.48. The number of hydrogen-bond donors (Lipinski definition) is 3. The van der Waals surface area contributed by atoms with E-state index in [4.69, 9.17) is 5.73 Å². The number of tetrazole rings is 1. The maximum absolute atomic E-state index is 13.9. The lowest BCUT2D eigenvalue weighted by Crippen LogP contribution is -2.61. The Balaban J connectivity index is 1.54. The second-order valence-corrected chi connectivity index (χ2v) is 12.2. The molecule has 1 saturated heterocycles. The summed E-state index contributed by atoms with van der Waals surface area (Å²) in [5.74, 6) is -2.11. The number of thioether (sulfide) groups is 1. The number of allylic oxidation sites excluding steroid dienone is 1. The van der Waals surface area contributed by atoms with Crippen LogP contribution in [0.15, 0.2) is 28.5 Å². The molecule has 1 amide bonds. The van der Waals surface area contributed by atoms with E-state index in [-0.39, 0.29) is 48.5 Å². The molecule has 1 aromatic carbocycles. The van der Waals surface area contributed by atoms with Crippen LogP contribution in [-0.4, -0.2) is 87.1 Å². The zero-order chi connectivity index (χ0) is 29.0. The van der Waals surface area contributed by atoms with E-state index in [0.717, 1.165) is 16.4 Å². The fourth-order valence-electron chi connectivity index (χ4n) is 4.44. The van der Waals surface area contributed by atoms with Gasteiger partial charge in [-0.3, -0.25) is 4.79 Å². The fraction of sp³-hybridized carbons (Fsp3) is 0.500. The molecule has 0 spiro atoms. The number of aromatic amines is 1. The van der Waals surface area contributed by atoms with Gasteiger partial charge in [-0.1, -0.05) is 6.08 Å². The molecule has 0 radical (unpaired) electrons. The molecular formula is C20H21F6N7O4S2. The Hall–Kier alpha value is -2.90. The number of nitrogens with zero attached hydrogens (tertiary/aromatic N) is 5. The van der Waals surface area contributed by atoms with Gasteiger partial charge in [-0.25, -0.2) is 8.42 Å². The summed E-state index contributed by atoms with van der Waals surface area (Å²) in [7, 11) is -4.40. The molecule has 3 atom stereocenters. The van der Waals surface area contributed by atoms with Gasteiger partial charge in [0.1, 0.15) is 4.24 Å². The monoisotopic (exact) mass is 601 g/mol. The van der Waals surface area contributed by atoms with Crippen LogP contribution in [0.5, 0.6) is 0 Å². The normalized spacial score (nSPS) is 23.0. The highest BCUT2D eigenvalue weighted by Gasteiger charge is 2.64. The average Bonchev–Trinajstić information content (AvgIpc) is 3.54. The maximum atomic E-state index is 13.9. The van der Waals surface area contributed by atoms with Gasteiger partial charge in [0.2, 0.25) is 15.8 Å². The van der Waals surface area contributed by atoms with Crippen LogP contribution in [0.25, 0.3) is 11.4 Å². The molecule has 11 nitrogen and oxygen atoms in total. The van der Waals surface area contributed by atoms with Gasteiger partial charge in [-0.2, -0.15) is 35.9 Å². The Bertz CT molecular complexity index is 1380. The summed E-state index contributed by atoms with van der Waals surface area (Å²) in [5.41, 5.74) is -0.299. The zero-order valence-electron chi connectivity index (χ0n) is 19.9. The van der Waals surface area contributed by atoms with Crippen LogP contribution in [0.2, 0.25) is 0 Å². The lowest BCUT2D eigenvalue weighted by Gasteiger charge is -2.41. The van der Waals surface area contributed by atoms with Crippen molar-refractivity contribution in [2.75, 3.05) is 24.5 Å². The number of aromatic nitrogens is 4. The minimum absolute atomic E-state index is 0.0502. The predicted octanol–water partition coefficient (Wildman–Crippen LogP) is 1.85. The average molecular weight is 602 g/mol. The highest BCUT2D eigenvalue weighted by molar-refractivity contribution is 8.18. The minimum atomic E-state index is -5.45. The van der Waals surface area contributed by atoms with Crippen molar-refractivity contribution in [2.45, 2.75) is 42.6 Å². The zero-order valence-corrected chi connectivity index (χ0v) is 21.5. The number of carbonyl (C=O) groups is 1. The third-order valence-corrected chi connectivity index (χ3v) is 10.4. The van der Waals surface area contributed by atoms with Gasteiger partial charge in [-0.15, -0.1) is 22.0 Å². The number of sulfonamides is 1. The van der Waals surface area contributed by atoms with E-state index in [2.05, 4.69) is 20.6 Å². The number of nitrogens with one attached hydrogen (secondary N) is 1. The molecule has 0 bridgehead atoms. The van der Waals surface area contributed by atoms with Gasteiger partial charge in [0.25, 0.3) is 11.5 Å². The van der Waals surface area contributed by atoms with Crippen molar-refractivity contribution in [1.29, 1.82) is 0 Å². The van der Waals surface area contributed by atoms with E-state index >= 15 is 0 Å². The summed E-state index contributed by atoms with van der Waals surface area (Å²) in [5, 5.41) is 20.9. The van der Waals surface area contributed by atoms with Gasteiger partial charge in [0.05, 0.1) is 10.8 Å². The molecule has 1 aromatic heterocycles. The van der Waals surface area contributed by atoms with Gasteiger partial charge >= 0.3 is 12.4 Å². The second-order valence-electron chi connectivity index (χ2n) is 8.87. The van der Waals surface area contributed by atoms with Crippen molar-refractivity contribution < 1.29 is 44.7 Å². The molecule has 214 valence electrons. The van der Waals surface area contributed by atoms with E-state index in [1.165, 1.54) is 24.0 Å². The van der Waals surface area contributed by atoms with Gasteiger partial charge in [-0.05, 0) is 36.8 Å². The lowest BCUT2D eigenvalue weighted by atomic mass is 9.95. The van der Waals surface area contributed by atoms with Gasteiger partial charge in [0.15, 0.2) is 0 Å². The van der Waals surface area contributed by atoms with Crippen molar-refractivity contribution in [2.24, 2.45) is 5.73 Å². The van der Waals surface area contributed by atoms with Gasteiger partial charge in [0, 0.05) is 36.9 Å². The number of anilines is 1. The highest BCUT2D eigenvalue weighted by atomic mass is 32.3. The van der Waals surface area contributed by atoms with Gasteiger partial charge < -0.3 is 15.7 Å². The van der Waals surface area contributed by atoms with Crippen molar-refractivity contribution >= 4 is 33.4 Å². The molecule has 39 heavy (non-hydrogen) atoms. The van der Waals surface area contributed by atoms with Crippen LogP contribution in [0.4, 0.5) is 32.0 Å². The molecular weight excluding hydrogens is 580 g/mol. The van der Waals surface area contributed by atoms with E-state index in [1.54, 1.807) is 0 Å². The SMILES string of the molecule is C[C@@H]1CN(c2ccc(-c3nn[nH]n3)cc2C(F)(F)F)CCN1S(=O)(=O)C1=CCC(C(O)(C(N)=O)C(F)(F)F)S1. The number of nitrogens with two attached hydrogens (primary N) is 1. The van der Waals surface area contributed by atoms with E-state index in [9.17, 15) is 44.7 Å². The number of amides is 1. The number of rotatable bonds is 6. The maximum Gasteiger partial charge on any atom is 0.427 e. The van der Waals surface area contributed by atoms with E-state index in [0.29, 0.717) is 0 Å². The summed E-state index contributed by atoms with van der Waals surface area (Å²) < 4.78 is 109. The Morgan fingerprint density at radius 2 is 1.90 bits per heavy atom. The molecule has 3 heterocycles. The Labute approximate surface area is 221 Å². The number of hydrogen-bond acceptors (Lipinski definition) is 9. The van der Waals surface area contributed by atoms with Crippen LogP contribution < -0.4 is 10.6 Å². The number of aliphatic hydroxyl groups is 1. The largest absolute Gasteiger partial charge is 0.427 e. The quantitative estimate of drug-likeness (QED) is 0.420. The second kappa shape index (κ2) is 9.93. The minimum Gasteiger partial charge on any atom is -0.372 e. The molecule has 4 N–H and O–H groups in total. The lowest BCUT2D eigenvalue weighted by molar-refractivity contribution is -0.249. The number of piperazine rings is 1. The number of benzene rings is 1. The molecule has 4 rings (SSSR count). The molecule has 2 aliphatic rings. The molecule has 0 saturated carbocycles. The standard InChI is InChI=1S/C20H21F6N7O4S2/c1-10-9-32(13-3-2-11(16-28-30-31-29-16)8-12(13)19(21,22)23)6-7-33(10)39(36,37)15-5-4-14(38-15)18(35,17(27)34)20(24,25)26/h2-3,5,8,10,14,35H,4,6-7,9H2,1H3,(H2,27,34)(H,28,29,30,31)/t10-,14?,18?/m1/s1. The first-order valence-corrected chi connectivity index (χ1v) is 13.5. The Morgan fingerprint density at radius 1 is 1.21 bits per heavy atom. The number of H-pyrrole nitrogens is 1. The van der Waals surface area contributed by atoms with E-state index in [1.807, 2.05) is 0 Å². The van der Waals surface area contributed by atoms with Crippen LogP contribution in [-0.2, 0) is 21.0 Å². The Morgan fingerprint density at radius 3 is 2.44 bits per heavy atom. The van der Waals surface area contributed by atoms with Crippen molar-refractivity contribution in [1.82, 2.24) is 24.9 Å². The van der Waals surface area contributed by atoms with Crippen LogP contribution in [0, 0.1) is 0 Å². The number of carbonyl (C=O) groups excluding carboxylic acids is 1. The van der Waals surface area contributed by atoms with Crippen molar-refractivity contribution in [3.8, 4) is 11.4 Å². The summed E-state index contributed by atoms with van der Waals surface area (Å²) >= 11 is 0.157. The van der Waals surface area contributed by atoms with E-state index < -0.39 is 61.4 Å². The summed E-state index contributed by atoms with van der Waals surface area (Å²) in [6.45, 7) is 0.829. The van der Waals surface area contributed by atoms with Crippen LogP contribution in [0.3, 0.4) is 0 Å². The topological polar surface area (TPSA) is 158 Å². The Kier molecular flexibility index (Phi) is 7.41. The third kappa shape index (κ3) is 5.19. The van der Waals surface area contributed by atoms with Crippen molar-refractivity contribution in [3.05, 3.63) is 34.1 Å². The third-order valence-electron chi connectivity index (χ3n) is 6.41. The molecule has 2 aliphatic heterocycles. The molecule has 2 aromatic rings. The van der Waals surface area contributed by atoms with Crippen LogP contribution >= 0.6 is 11.8 Å². The first kappa shape index (κ1) is 29.1. The fourth-order valence-corrected chi connectivity index (χ4v) is 8.05. The number of primary amides is 1. The molecule has 2 unspecified atom stereocenters. The first-order valence-electron chi connectivity index (χ1n) is 11.2. The summed E-state index contributed by atoms with van der Waals surface area (Å²) in [4.78, 5) is 12.8. The molecule has 1 fully saturated rings. The summed E-state index contributed by atoms with van der Waals surface area (Å²) in [6, 6.07) is 2.55. The summed E-state index contributed by atoms with van der Waals surface area (Å²) in [6.07, 6.45) is -9.86. The smallest absolute Gasteiger partial charge is 0.372 e.